The summed E-state index contributed by atoms with van der Waals surface area (Å²) >= 11 is 0. The Labute approximate surface area is 144 Å². The average molecular weight is 336 g/mol. The monoisotopic (exact) mass is 336 g/mol. The predicted molar refractivity (Wildman–Crippen MR) is 94.4 cm³/mol. The molecule has 1 saturated heterocycles. The zero-order valence-electron chi connectivity index (χ0n) is 14.7. The number of carbonyl (C=O) groups excluding carboxylic acids is 1. The van der Waals surface area contributed by atoms with Gasteiger partial charge in [0, 0.05) is 26.1 Å². The van der Waals surface area contributed by atoms with Crippen LogP contribution in [0.3, 0.4) is 0 Å². The molecule has 0 bridgehead atoms. The summed E-state index contributed by atoms with van der Waals surface area (Å²) in [5, 5.41) is 12.4. The molecule has 2 rings (SSSR count). The Morgan fingerprint density at radius 2 is 2.12 bits per heavy atom. The van der Waals surface area contributed by atoms with E-state index >= 15 is 0 Å². The number of hydrogen-bond donors (Lipinski definition) is 2. The van der Waals surface area contributed by atoms with Crippen molar-refractivity contribution in [1.82, 2.24) is 5.32 Å². The third kappa shape index (κ3) is 5.48. The third-order valence-corrected chi connectivity index (χ3v) is 4.62. The normalized spacial score (nSPS) is 16.9. The van der Waals surface area contributed by atoms with E-state index in [9.17, 15) is 14.3 Å². The minimum Gasteiger partial charge on any atom is -0.393 e. The van der Waals surface area contributed by atoms with Crippen LogP contribution in [0.15, 0.2) is 18.2 Å². The molecule has 1 aliphatic rings. The lowest BCUT2D eigenvalue weighted by Gasteiger charge is -2.31. The molecule has 1 aliphatic heterocycles. The highest BCUT2D eigenvalue weighted by molar-refractivity contribution is 5.76. The van der Waals surface area contributed by atoms with Crippen LogP contribution in [0.1, 0.15) is 51.5 Å². The SMILES string of the molecule is CCCC(C)CC(=O)NCc1ccc(N2CCC(O)CC2)c(F)c1. The van der Waals surface area contributed by atoms with Crippen molar-refractivity contribution in [3.05, 3.63) is 29.6 Å². The summed E-state index contributed by atoms with van der Waals surface area (Å²) in [7, 11) is 0. The van der Waals surface area contributed by atoms with Gasteiger partial charge in [-0.2, -0.15) is 0 Å². The zero-order chi connectivity index (χ0) is 17.5. The van der Waals surface area contributed by atoms with Gasteiger partial charge in [0.05, 0.1) is 11.8 Å². The van der Waals surface area contributed by atoms with Crippen LogP contribution < -0.4 is 10.2 Å². The number of aliphatic hydroxyl groups excluding tert-OH is 1. The smallest absolute Gasteiger partial charge is 0.220 e. The van der Waals surface area contributed by atoms with Gasteiger partial charge in [-0.1, -0.05) is 32.8 Å². The number of amides is 1. The molecule has 0 saturated carbocycles. The Bertz CT molecular complexity index is 542. The molecule has 0 spiro atoms. The van der Waals surface area contributed by atoms with Gasteiger partial charge in [-0.3, -0.25) is 4.79 Å². The van der Waals surface area contributed by atoms with Crippen molar-refractivity contribution in [1.29, 1.82) is 0 Å². The number of nitrogens with zero attached hydrogens (tertiary/aromatic N) is 1. The molecule has 0 aromatic heterocycles. The van der Waals surface area contributed by atoms with Gasteiger partial charge in [-0.25, -0.2) is 4.39 Å². The highest BCUT2D eigenvalue weighted by Gasteiger charge is 2.19. The minimum absolute atomic E-state index is 0.0189. The summed E-state index contributed by atoms with van der Waals surface area (Å²) in [6.07, 6.45) is 3.72. The van der Waals surface area contributed by atoms with Gasteiger partial charge in [0.25, 0.3) is 0 Å². The van der Waals surface area contributed by atoms with E-state index in [-0.39, 0.29) is 17.8 Å². The van der Waals surface area contributed by atoms with E-state index < -0.39 is 0 Å². The van der Waals surface area contributed by atoms with E-state index in [1.54, 1.807) is 6.07 Å². The van der Waals surface area contributed by atoms with E-state index in [1.165, 1.54) is 6.07 Å². The number of anilines is 1. The van der Waals surface area contributed by atoms with E-state index in [4.69, 9.17) is 0 Å². The van der Waals surface area contributed by atoms with Crippen LogP contribution in [0, 0.1) is 11.7 Å². The maximum Gasteiger partial charge on any atom is 0.220 e. The molecule has 1 fully saturated rings. The Morgan fingerprint density at radius 1 is 1.42 bits per heavy atom. The zero-order valence-corrected chi connectivity index (χ0v) is 14.7. The van der Waals surface area contributed by atoms with Crippen LogP contribution >= 0.6 is 0 Å². The first-order valence-corrected chi connectivity index (χ1v) is 8.97. The Balaban J connectivity index is 1.87. The molecule has 134 valence electrons. The summed E-state index contributed by atoms with van der Waals surface area (Å²) in [6.45, 7) is 5.88. The molecule has 1 amide bonds. The quantitative estimate of drug-likeness (QED) is 0.804. The first kappa shape index (κ1) is 18.7. The van der Waals surface area contributed by atoms with Crippen LogP contribution in [-0.4, -0.2) is 30.2 Å². The molecule has 4 nitrogen and oxygen atoms in total. The Kier molecular flexibility index (Phi) is 7.03. The average Bonchev–Trinajstić information content (AvgIpc) is 2.54. The summed E-state index contributed by atoms with van der Waals surface area (Å²) in [5.74, 6) is 0.131. The van der Waals surface area contributed by atoms with Crippen molar-refractivity contribution < 1.29 is 14.3 Å². The Hall–Kier alpha value is -1.62. The van der Waals surface area contributed by atoms with Gasteiger partial charge in [0.15, 0.2) is 0 Å². The van der Waals surface area contributed by atoms with Gasteiger partial charge in [-0.15, -0.1) is 0 Å². The number of rotatable bonds is 7. The second-order valence-electron chi connectivity index (χ2n) is 6.88. The van der Waals surface area contributed by atoms with Crippen molar-refractivity contribution in [2.45, 2.75) is 58.6 Å². The van der Waals surface area contributed by atoms with E-state index in [0.717, 1.165) is 18.4 Å². The van der Waals surface area contributed by atoms with Crippen LogP contribution in [-0.2, 0) is 11.3 Å². The number of carbonyl (C=O) groups is 1. The number of benzene rings is 1. The highest BCUT2D eigenvalue weighted by Crippen LogP contribution is 2.24. The highest BCUT2D eigenvalue weighted by atomic mass is 19.1. The summed E-state index contributed by atoms with van der Waals surface area (Å²) in [5.41, 5.74) is 1.35. The molecular formula is C19H29FN2O2. The number of halogens is 1. The molecule has 0 aliphatic carbocycles. The first-order chi connectivity index (χ1) is 11.5. The predicted octanol–water partition coefficient (Wildman–Crippen LogP) is 3.23. The van der Waals surface area contributed by atoms with E-state index in [1.807, 2.05) is 11.0 Å². The minimum atomic E-state index is -0.270. The van der Waals surface area contributed by atoms with Crippen LogP contribution in [0.4, 0.5) is 10.1 Å². The van der Waals surface area contributed by atoms with Crippen molar-refractivity contribution in [3.63, 3.8) is 0 Å². The lowest BCUT2D eigenvalue weighted by molar-refractivity contribution is -0.122. The Morgan fingerprint density at radius 3 is 2.75 bits per heavy atom. The van der Waals surface area contributed by atoms with Gasteiger partial charge in [0.1, 0.15) is 5.82 Å². The van der Waals surface area contributed by atoms with Crippen molar-refractivity contribution >= 4 is 11.6 Å². The molecule has 5 heteroatoms. The second-order valence-corrected chi connectivity index (χ2v) is 6.88. The summed E-state index contributed by atoms with van der Waals surface area (Å²) in [4.78, 5) is 13.9. The van der Waals surface area contributed by atoms with Crippen LogP contribution in [0.5, 0.6) is 0 Å². The fourth-order valence-electron chi connectivity index (χ4n) is 3.21. The van der Waals surface area contributed by atoms with Gasteiger partial charge >= 0.3 is 0 Å². The number of aliphatic hydroxyl groups is 1. The lowest BCUT2D eigenvalue weighted by atomic mass is 10.0. The van der Waals surface area contributed by atoms with Gasteiger partial charge < -0.3 is 15.3 Å². The van der Waals surface area contributed by atoms with E-state index in [0.29, 0.717) is 50.5 Å². The second kappa shape index (κ2) is 9.02. The van der Waals surface area contributed by atoms with Gasteiger partial charge in [-0.05, 0) is 36.5 Å². The molecule has 24 heavy (non-hydrogen) atoms. The summed E-state index contributed by atoms with van der Waals surface area (Å²) in [6, 6.07) is 5.13. The van der Waals surface area contributed by atoms with Crippen LogP contribution in [0.2, 0.25) is 0 Å². The number of hydrogen-bond acceptors (Lipinski definition) is 3. The molecule has 1 aromatic carbocycles. The third-order valence-electron chi connectivity index (χ3n) is 4.62. The topological polar surface area (TPSA) is 52.6 Å². The maximum absolute atomic E-state index is 14.3. The molecule has 1 atom stereocenters. The lowest BCUT2D eigenvalue weighted by Crippen LogP contribution is -2.36. The first-order valence-electron chi connectivity index (χ1n) is 8.97. The summed E-state index contributed by atoms with van der Waals surface area (Å²) < 4.78 is 14.3. The standard InChI is InChI=1S/C19H29FN2O2/c1-3-4-14(2)11-19(24)21-13-15-5-6-18(17(20)12-15)22-9-7-16(23)8-10-22/h5-6,12,14,16,23H,3-4,7-11,13H2,1-2H3,(H,21,24). The van der Waals surface area contributed by atoms with Gasteiger partial charge in [0.2, 0.25) is 5.91 Å². The fraction of sp³-hybridized carbons (Fsp3) is 0.632. The molecule has 0 radical (unpaired) electrons. The molecule has 2 N–H and O–H groups in total. The fourth-order valence-corrected chi connectivity index (χ4v) is 3.21. The van der Waals surface area contributed by atoms with Crippen LogP contribution in [0.25, 0.3) is 0 Å². The van der Waals surface area contributed by atoms with E-state index in [2.05, 4.69) is 19.2 Å². The molecular weight excluding hydrogens is 307 g/mol. The maximum atomic E-state index is 14.3. The van der Waals surface area contributed by atoms with Crippen molar-refractivity contribution in [3.8, 4) is 0 Å². The number of piperidine rings is 1. The largest absolute Gasteiger partial charge is 0.393 e. The molecule has 1 aromatic rings. The van der Waals surface area contributed by atoms with Crippen molar-refractivity contribution in [2.24, 2.45) is 5.92 Å². The molecule has 1 unspecified atom stereocenters. The van der Waals surface area contributed by atoms with Crippen molar-refractivity contribution in [2.75, 3.05) is 18.0 Å². The number of nitrogens with one attached hydrogen (secondary N) is 1. The molecule has 1 heterocycles.